The average Bonchev–Trinajstić information content (AvgIpc) is 2.55. The molecule has 1 aliphatic carbocycles. The van der Waals surface area contributed by atoms with Crippen LogP contribution in [0.4, 0.5) is 0 Å². The summed E-state index contributed by atoms with van der Waals surface area (Å²) in [5, 5.41) is 3.20. The summed E-state index contributed by atoms with van der Waals surface area (Å²) >= 11 is 0. The Balaban J connectivity index is 1.88. The average molecular weight is 305 g/mol. The van der Waals surface area contributed by atoms with E-state index in [4.69, 9.17) is 16.2 Å². The first-order valence-electron chi connectivity index (χ1n) is 7.64. The van der Waals surface area contributed by atoms with E-state index in [1.807, 2.05) is 0 Å². The Morgan fingerprint density at radius 2 is 2.00 bits per heavy atom. The first-order chi connectivity index (χ1) is 10.6. The maximum absolute atomic E-state index is 12.0. The Morgan fingerprint density at radius 3 is 2.68 bits per heavy atom. The molecule has 0 radical (unpaired) electrons. The number of hydrogen-bond donors (Lipinski definition) is 3. The molecule has 2 atom stereocenters. The first-order valence-corrected chi connectivity index (χ1v) is 7.64. The molecule has 0 saturated heterocycles. The van der Waals surface area contributed by atoms with Crippen LogP contribution in [0.1, 0.15) is 42.5 Å². The summed E-state index contributed by atoms with van der Waals surface area (Å²) in [6.45, 7) is 0. The molecule has 0 heterocycles. The third-order valence-corrected chi connectivity index (χ3v) is 3.91. The van der Waals surface area contributed by atoms with E-state index >= 15 is 0 Å². The molecule has 5 N–H and O–H groups in total. The zero-order valence-corrected chi connectivity index (χ0v) is 12.5. The highest BCUT2D eigenvalue weighted by atomic mass is 16.5. The van der Waals surface area contributed by atoms with Gasteiger partial charge < -0.3 is 16.2 Å². The minimum atomic E-state index is -0.957. The molecule has 0 amide bonds. The molecule has 1 aliphatic rings. The first kappa shape index (κ1) is 16.6. The molecule has 22 heavy (non-hydrogen) atoms. The second-order valence-corrected chi connectivity index (χ2v) is 5.66. The van der Waals surface area contributed by atoms with Gasteiger partial charge in [0.1, 0.15) is 18.1 Å². The van der Waals surface area contributed by atoms with Crippen LogP contribution in [-0.4, -0.2) is 30.5 Å². The van der Waals surface area contributed by atoms with Gasteiger partial charge in [0.25, 0.3) is 0 Å². The van der Waals surface area contributed by atoms with E-state index in [-0.39, 0.29) is 5.75 Å². The molecule has 0 spiro atoms. The van der Waals surface area contributed by atoms with Gasteiger partial charge in [-0.15, -0.1) is 0 Å². The normalized spacial score (nSPS) is 18.5. The lowest BCUT2D eigenvalue weighted by atomic mass is 9.95. The van der Waals surface area contributed by atoms with E-state index in [9.17, 15) is 9.59 Å². The minimum absolute atomic E-state index is 0.287. The van der Waals surface area contributed by atoms with E-state index in [2.05, 4.69) is 5.32 Å². The van der Waals surface area contributed by atoms with Crippen LogP contribution in [0.15, 0.2) is 24.3 Å². The van der Waals surface area contributed by atoms with Gasteiger partial charge in [-0.1, -0.05) is 31.4 Å². The van der Waals surface area contributed by atoms with Crippen LogP contribution in [0.5, 0.6) is 5.75 Å². The third kappa shape index (κ3) is 4.62. The predicted octanol–water partition coefficient (Wildman–Crippen LogP) is 0.939. The number of carbonyl (C=O) groups is 2. The topological polar surface area (TPSA) is 107 Å². The maximum Gasteiger partial charge on any atom is 0.331 e. The van der Waals surface area contributed by atoms with Gasteiger partial charge in [0.05, 0.1) is 6.17 Å². The smallest absolute Gasteiger partial charge is 0.331 e. The fourth-order valence-electron chi connectivity index (χ4n) is 2.63. The largest absolute Gasteiger partial charge is 0.425 e. The molecular weight excluding hydrogens is 282 g/mol. The molecule has 0 bridgehead atoms. The van der Waals surface area contributed by atoms with Crippen molar-refractivity contribution in [1.82, 2.24) is 5.32 Å². The van der Waals surface area contributed by atoms with Crippen molar-refractivity contribution in [3.63, 3.8) is 0 Å². The summed E-state index contributed by atoms with van der Waals surface area (Å²) in [5.74, 6) is -0.325. The van der Waals surface area contributed by atoms with Crippen LogP contribution in [0.3, 0.4) is 0 Å². The summed E-state index contributed by atoms with van der Waals surface area (Å²) in [5.41, 5.74) is 12.3. The quantitative estimate of drug-likeness (QED) is 0.312. The van der Waals surface area contributed by atoms with E-state index in [0.29, 0.717) is 17.9 Å². The fraction of sp³-hybridized carbons (Fsp3) is 0.500. The highest BCUT2D eigenvalue weighted by Crippen LogP contribution is 2.18. The number of benzene rings is 1. The molecular formula is C16H23N3O3. The third-order valence-electron chi connectivity index (χ3n) is 3.91. The summed E-state index contributed by atoms with van der Waals surface area (Å²) < 4.78 is 5.19. The van der Waals surface area contributed by atoms with Crippen LogP contribution in [0, 0.1) is 0 Å². The summed E-state index contributed by atoms with van der Waals surface area (Å²) in [6.07, 6.45) is 5.73. The molecule has 0 aliphatic heterocycles. The number of carbonyl (C=O) groups excluding carboxylic acids is 2. The minimum Gasteiger partial charge on any atom is -0.425 e. The summed E-state index contributed by atoms with van der Waals surface area (Å²) in [7, 11) is 0. The monoisotopic (exact) mass is 305 g/mol. The van der Waals surface area contributed by atoms with E-state index in [1.54, 1.807) is 18.2 Å². The molecule has 1 aromatic carbocycles. The lowest BCUT2D eigenvalue weighted by Gasteiger charge is -2.28. The molecule has 1 saturated carbocycles. The Hall–Kier alpha value is -1.76. The van der Waals surface area contributed by atoms with Gasteiger partial charge in [0.15, 0.2) is 0 Å². The second kappa shape index (κ2) is 8.03. The van der Waals surface area contributed by atoms with Crippen LogP contribution in [-0.2, 0) is 4.79 Å². The lowest BCUT2D eigenvalue weighted by Crippen LogP contribution is -2.59. The Bertz CT molecular complexity index is 515. The van der Waals surface area contributed by atoms with Crippen molar-refractivity contribution in [3.8, 4) is 5.75 Å². The van der Waals surface area contributed by atoms with Gasteiger partial charge >= 0.3 is 5.97 Å². The van der Waals surface area contributed by atoms with Crippen molar-refractivity contribution in [3.05, 3.63) is 29.8 Å². The van der Waals surface area contributed by atoms with Crippen LogP contribution in [0.25, 0.3) is 0 Å². The summed E-state index contributed by atoms with van der Waals surface area (Å²) in [6, 6.07) is 5.69. The summed E-state index contributed by atoms with van der Waals surface area (Å²) in [4.78, 5) is 22.8. The predicted molar refractivity (Wildman–Crippen MR) is 83.4 cm³/mol. The Labute approximate surface area is 130 Å². The lowest BCUT2D eigenvalue weighted by molar-refractivity contribution is -0.136. The fourth-order valence-corrected chi connectivity index (χ4v) is 2.63. The van der Waals surface area contributed by atoms with Gasteiger partial charge in [-0.25, -0.2) is 4.79 Å². The second-order valence-electron chi connectivity index (χ2n) is 5.66. The SMILES string of the molecule is NC(NC1CCCCC1)C(N)C(=O)Oc1cccc(C=O)c1. The van der Waals surface area contributed by atoms with Gasteiger partial charge in [-0.3, -0.25) is 10.1 Å². The number of rotatable bonds is 6. The number of esters is 1. The molecule has 6 nitrogen and oxygen atoms in total. The molecule has 120 valence electrons. The standard InChI is InChI=1S/C16H23N3O3/c17-14(15(18)19-12-6-2-1-3-7-12)16(21)22-13-8-4-5-11(9-13)10-20/h4-5,8-10,12,14-15,19H,1-3,6-7,17-18H2. The van der Waals surface area contributed by atoms with E-state index in [0.717, 1.165) is 12.8 Å². The van der Waals surface area contributed by atoms with Gasteiger partial charge in [-0.2, -0.15) is 0 Å². The van der Waals surface area contributed by atoms with Gasteiger partial charge in [-0.05, 0) is 25.0 Å². The Kier molecular flexibility index (Phi) is 6.06. The van der Waals surface area contributed by atoms with Crippen molar-refractivity contribution in [2.45, 2.75) is 50.4 Å². The van der Waals surface area contributed by atoms with E-state index < -0.39 is 18.2 Å². The van der Waals surface area contributed by atoms with Crippen molar-refractivity contribution in [2.24, 2.45) is 11.5 Å². The van der Waals surface area contributed by atoms with Gasteiger partial charge in [0, 0.05) is 11.6 Å². The molecule has 1 aromatic rings. The molecule has 2 unspecified atom stereocenters. The number of ether oxygens (including phenoxy) is 1. The van der Waals surface area contributed by atoms with Crippen LogP contribution < -0.4 is 21.5 Å². The number of hydrogen-bond acceptors (Lipinski definition) is 6. The van der Waals surface area contributed by atoms with Crippen molar-refractivity contribution in [1.29, 1.82) is 0 Å². The van der Waals surface area contributed by atoms with Crippen molar-refractivity contribution >= 4 is 12.3 Å². The maximum atomic E-state index is 12.0. The van der Waals surface area contributed by atoms with Crippen molar-refractivity contribution in [2.75, 3.05) is 0 Å². The van der Waals surface area contributed by atoms with Crippen molar-refractivity contribution < 1.29 is 14.3 Å². The number of nitrogens with one attached hydrogen (secondary N) is 1. The number of aldehydes is 1. The highest BCUT2D eigenvalue weighted by molar-refractivity contribution is 5.80. The molecule has 1 fully saturated rings. The Morgan fingerprint density at radius 1 is 1.27 bits per heavy atom. The zero-order valence-electron chi connectivity index (χ0n) is 12.5. The number of nitrogens with two attached hydrogens (primary N) is 2. The van der Waals surface area contributed by atoms with Crippen LogP contribution in [0.2, 0.25) is 0 Å². The van der Waals surface area contributed by atoms with Gasteiger partial charge in [0.2, 0.25) is 0 Å². The molecule has 6 heteroatoms. The zero-order chi connectivity index (χ0) is 15.9. The molecule has 2 rings (SSSR count). The van der Waals surface area contributed by atoms with E-state index in [1.165, 1.54) is 25.3 Å². The highest BCUT2D eigenvalue weighted by Gasteiger charge is 2.26. The molecule has 0 aromatic heterocycles. The van der Waals surface area contributed by atoms with Crippen LogP contribution >= 0.6 is 0 Å².